The second-order valence-electron chi connectivity index (χ2n) is 5.67. The molecule has 0 aliphatic heterocycles. The van der Waals surface area contributed by atoms with Crippen LogP contribution in [0.4, 0.5) is 0 Å². The molecule has 0 aliphatic rings. The molecule has 0 aliphatic carbocycles. The van der Waals surface area contributed by atoms with Gasteiger partial charge in [-0.05, 0) is 45.4 Å². The number of hydrogen-bond donors (Lipinski definition) is 2. The molecule has 7 heteroatoms. The van der Waals surface area contributed by atoms with Crippen molar-refractivity contribution >= 4 is 52.9 Å². The number of aryl methyl sites for hydroxylation is 2. The van der Waals surface area contributed by atoms with E-state index >= 15 is 0 Å². The summed E-state index contributed by atoms with van der Waals surface area (Å²) in [7, 11) is 0. The maximum absolute atomic E-state index is 6.08. The fraction of sp³-hybridized carbons (Fsp3) is 0.444. The number of nitrogens with zero attached hydrogens (tertiary/aromatic N) is 2. The van der Waals surface area contributed by atoms with Crippen molar-refractivity contribution < 1.29 is 0 Å². The van der Waals surface area contributed by atoms with Crippen molar-refractivity contribution in [2.75, 3.05) is 13.1 Å². The number of rotatable bonds is 6. The predicted octanol–water partition coefficient (Wildman–Crippen LogP) is 4.89. The van der Waals surface area contributed by atoms with Crippen molar-refractivity contribution in [1.29, 1.82) is 0 Å². The van der Waals surface area contributed by atoms with Crippen molar-refractivity contribution in [3.8, 4) is 0 Å². The summed E-state index contributed by atoms with van der Waals surface area (Å²) in [6.07, 6.45) is 0.916. The van der Waals surface area contributed by atoms with E-state index in [4.69, 9.17) is 11.6 Å². The number of halogens is 2. The quantitative estimate of drug-likeness (QED) is 0.343. The maximum atomic E-state index is 6.08. The predicted molar refractivity (Wildman–Crippen MR) is 120 cm³/mol. The summed E-state index contributed by atoms with van der Waals surface area (Å²) < 4.78 is 0. The lowest BCUT2D eigenvalue weighted by Gasteiger charge is -2.18. The summed E-state index contributed by atoms with van der Waals surface area (Å²) in [5, 5.41) is 8.60. The molecule has 0 bridgehead atoms. The number of hydrogen-bond acceptors (Lipinski definition) is 3. The van der Waals surface area contributed by atoms with Crippen LogP contribution < -0.4 is 10.6 Å². The van der Waals surface area contributed by atoms with Crippen LogP contribution >= 0.6 is 46.9 Å². The van der Waals surface area contributed by atoms with E-state index in [0.717, 1.165) is 46.8 Å². The molecular formula is C18H26ClIN4S. The molecule has 4 nitrogen and oxygen atoms in total. The summed E-state index contributed by atoms with van der Waals surface area (Å²) in [4.78, 5) is 10.5. The average Bonchev–Trinajstić information content (AvgIpc) is 2.85. The SMILES string of the molecule is CCNC(=NCCc1sc(C)nc1C)NC(C)c1cccc(Cl)c1.I. The zero-order chi connectivity index (χ0) is 17.5. The van der Waals surface area contributed by atoms with Crippen LogP contribution in [0.1, 0.15) is 41.0 Å². The number of guanidine groups is 1. The Labute approximate surface area is 176 Å². The largest absolute Gasteiger partial charge is 0.357 e. The van der Waals surface area contributed by atoms with Gasteiger partial charge in [0, 0.05) is 29.4 Å². The lowest BCUT2D eigenvalue weighted by Crippen LogP contribution is -2.38. The van der Waals surface area contributed by atoms with Gasteiger partial charge in [0.15, 0.2) is 5.96 Å². The standard InChI is InChI=1S/C18H25ClN4S.HI/c1-5-20-18(21-10-9-17-13(3)22-14(4)24-17)23-12(2)15-7-6-8-16(19)11-15;/h6-8,11-12H,5,9-10H2,1-4H3,(H2,20,21,23);1H. The molecule has 0 amide bonds. The number of nitrogens with one attached hydrogen (secondary N) is 2. The molecule has 1 atom stereocenters. The lowest BCUT2D eigenvalue weighted by atomic mass is 10.1. The highest BCUT2D eigenvalue weighted by Crippen LogP contribution is 2.18. The van der Waals surface area contributed by atoms with Crippen LogP contribution in [-0.2, 0) is 6.42 Å². The Balaban J connectivity index is 0.00000312. The molecule has 2 rings (SSSR count). The third kappa shape index (κ3) is 7.11. The van der Waals surface area contributed by atoms with Crippen LogP contribution in [0.25, 0.3) is 0 Å². The third-order valence-corrected chi connectivity index (χ3v) is 5.02. The van der Waals surface area contributed by atoms with E-state index in [1.54, 1.807) is 11.3 Å². The third-order valence-electron chi connectivity index (χ3n) is 3.65. The molecule has 0 saturated carbocycles. The van der Waals surface area contributed by atoms with Gasteiger partial charge in [0.2, 0.25) is 0 Å². The molecule has 25 heavy (non-hydrogen) atoms. The van der Waals surface area contributed by atoms with E-state index in [0.29, 0.717) is 0 Å². The second kappa shape index (κ2) is 11.0. The molecule has 2 N–H and O–H groups in total. The fourth-order valence-corrected chi connectivity index (χ4v) is 3.58. The summed E-state index contributed by atoms with van der Waals surface area (Å²) >= 11 is 7.83. The normalized spacial score (nSPS) is 12.4. The maximum Gasteiger partial charge on any atom is 0.191 e. The van der Waals surface area contributed by atoms with Crippen LogP contribution in [0, 0.1) is 13.8 Å². The summed E-state index contributed by atoms with van der Waals surface area (Å²) in [5.41, 5.74) is 2.26. The highest BCUT2D eigenvalue weighted by atomic mass is 127. The number of aromatic nitrogens is 1. The topological polar surface area (TPSA) is 49.3 Å². The zero-order valence-electron chi connectivity index (χ0n) is 15.1. The van der Waals surface area contributed by atoms with E-state index in [2.05, 4.69) is 47.4 Å². The van der Waals surface area contributed by atoms with Gasteiger partial charge in [-0.1, -0.05) is 23.7 Å². The minimum absolute atomic E-state index is 0. The molecule has 1 aromatic carbocycles. The molecule has 0 saturated heterocycles. The summed E-state index contributed by atoms with van der Waals surface area (Å²) in [6, 6.07) is 8.03. The first-order valence-electron chi connectivity index (χ1n) is 8.22. The van der Waals surface area contributed by atoms with Gasteiger partial charge in [0.1, 0.15) is 0 Å². The Hall–Kier alpha value is -0.860. The van der Waals surface area contributed by atoms with Gasteiger partial charge in [-0.15, -0.1) is 35.3 Å². The van der Waals surface area contributed by atoms with E-state index in [1.807, 2.05) is 25.1 Å². The van der Waals surface area contributed by atoms with Crippen LogP contribution in [0.2, 0.25) is 5.02 Å². The summed E-state index contributed by atoms with van der Waals surface area (Å²) in [5.74, 6) is 0.823. The van der Waals surface area contributed by atoms with Gasteiger partial charge in [-0.2, -0.15) is 0 Å². The Kier molecular flexibility index (Phi) is 9.74. The van der Waals surface area contributed by atoms with E-state index in [-0.39, 0.29) is 30.0 Å². The van der Waals surface area contributed by atoms with E-state index < -0.39 is 0 Å². The number of aliphatic imine (C=N–C) groups is 1. The molecule has 2 aromatic rings. The Morgan fingerprint density at radius 1 is 1.36 bits per heavy atom. The lowest BCUT2D eigenvalue weighted by molar-refractivity contribution is 0.686. The van der Waals surface area contributed by atoms with Crippen molar-refractivity contribution in [1.82, 2.24) is 15.6 Å². The smallest absolute Gasteiger partial charge is 0.191 e. The van der Waals surface area contributed by atoms with Crippen molar-refractivity contribution in [2.24, 2.45) is 4.99 Å². The van der Waals surface area contributed by atoms with E-state index in [9.17, 15) is 0 Å². The van der Waals surface area contributed by atoms with Crippen molar-refractivity contribution in [3.63, 3.8) is 0 Å². The Bertz CT molecular complexity index is 702. The van der Waals surface area contributed by atoms with Gasteiger partial charge < -0.3 is 10.6 Å². The molecule has 0 spiro atoms. The fourth-order valence-electron chi connectivity index (χ4n) is 2.46. The van der Waals surface area contributed by atoms with Gasteiger partial charge in [-0.3, -0.25) is 4.99 Å². The van der Waals surface area contributed by atoms with Crippen LogP contribution in [0.5, 0.6) is 0 Å². The number of benzene rings is 1. The Morgan fingerprint density at radius 2 is 2.12 bits per heavy atom. The minimum atomic E-state index is 0. The molecule has 1 aromatic heterocycles. The van der Waals surface area contributed by atoms with Gasteiger partial charge in [0.25, 0.3) is 0 Å². The first kappa shape index (κ1) is 22.2. The zero-order valence-corrected chi connectivity index (χ0v) is 19.0. The minimum Gasteiger partial charge on any atom is -0.357 e. The van der Waals surface area contributed by atoms with Gasteiger partial charge >= 0.3 is 0 Å². The number of thiazole rings is 1. The molecule has 1 unspecified atom stereocenters. The molecule has 0 radical (unpaired) electrons. The highest BCUT2D eigenvalue weighted by molar-refractivity contribution is 14.0. The first-order chi connectivity index (χ1) is 11.5. The average molecular weight is 493 g/mol. The molecular weight excluding hydrogens is 467 g/mol. The molecule has 1 heterocycles. The molecule has 138 valence electrons. The van der Waals surface area contributed by atoms with Crippen molar-refractivity contribution in [2.45, 2.75) is 40.2 Å². The Morgan fingerprint density at radius 3 is 2.72 bits per heavy atom. The van der Waals surface area contributed by atoms with Crippen LogP contribution in [0.3, 0.4) is 0 Å². The molecule has 0 fully saturated rings. The van der Waals surface area contributed by atoms with Crippen LogP contribution in [0.15, 0.2) is 29.3 Å². The van der Waals surface area contributed by atoms with Gasteiger partial charge in [0.05, 0.1) is 16.7 Å². The van der Waals surface area contributed by atoms with Crippen molar-refractivity contribution in [3.05, 3.63) is 50.4 Å². The second-order valence-corrected chi connectivity index (χ2v) is 7.40. The summed E-state index contributed by atoms with van der Waals surface area (Å²) in [6.45, 7) is 9.84. The van der Waals surface area contributed by atoms with Crippen LogP contribution in [-0.4, -0.2) is 24.0 Å². The highest BCUT2D eigenvalue weighted by Gasteiger charge is 2.09. The van der Waals surface area contributed by atoms with Gasteiger partial charge in [-0.25, -0.2) is 4.98 Å². The van der Waals surface area contributed by atoms with E-state index in [1.165, 1.54) is 4.88 Å². The first-order valence-corrected chi connectivity index (χ1v) is 9.42. The monoisotopic (exact) mass is 492 g/mol.